The lowest BCUT2D eigenvalue weighted by Gasteiger charge is -2.10. The molecule has 0 N–H and O–H groups in total. The monoisotopic (exact) mass is 240 g/mol. The van der Waals surface area contributed by atoms with Crippen LogP contribution in [0.2, 0.25) is 0 Å². The number of hydrogen-bond acceptors (Lipinski definition) is 2. The zero-order valence-electron chi connectivity index (χ0n) is 10.9. The van der Waals surface area contributed by atoms with Gasteiger partial charge in [-0.05, 0) is 48.2 Å². The summed E-state index contributed by atoms with van der Waals surface area (Å²) in [5, 5.41) is 0. The lowest BCUT2D eigenvalue weighted by molar-refractivity contribution is -0.131. The molecule has 0 amide bonds. The average molecular weight is 240 g/mol. The number of hydrogen-bond donors (Lipinski definition) is 0. The van der Waals surface area contributed by atoms with Crippen molar-refractivity contribution in [2.24, 2.45) is 0 Å². The molecule has 0 saturated heterocycles. The van der Waals surface area contributed by atoms with Crippen LogP contribution in [0.25, 0.3) is 11.1 Å². The molecule has 2 aromatic carbocycles. The number of esters is 1. The van der Waals surface area contributed by atoms with Crippen LogP contribution >= 0.6 is 0 Å². The number of carbonyl (C=O) groups excluding carboxylic acids is 1. The van der Waals surface area contributed by atoms with Gasteiger partial charge in [0.15, 0.2) is 0 Å². The molecule has 0 saturated carbocycles. The van der Waals surface area contributed by atoms with Crippen molar-refractivity contribution in [3.8, 4) is 16.9 Å². The quantitative estimate of drug-likeness (QED) is 0.588. The zero-order valence-corrected chi connectivity index (χ0v) is 10.9. The summed E-state index contributed by atoms with van der Waals surface area (Å²) in [5.41, 5.74) is 4.72. The standard InChI is InChI=1S/C16H16O2/c1-11-6-4-5-7-15(11)16-9-8-14(10-12(16)2)18-13(3)17/h4-10H,1-3H3. The van der Waals surface area contributed by atoms with E-state index in [0.29, 0.717) is 5.75 Å². The Morgan fingerprint density at radius 2 is 1.61 bits per heavy atom. The Bertz CT molecular complexity index is 585. The van der Waals surface area contributed by atoms with Gasteiger partial charge >= 0.3 is 5.97 Å². The van der Waals surface area contributed by atoms with Gasteiger partial charge in [0.25, 0.3) is 0 Å². The number of benzene rings is 2. The van der Waals surface area contributed by atoms with Crippen LogP contribution in [0.15, 0.2) is 42.5 Å². The molecule has 0 unspecified atom stereocenters. The summed E-state index contributed by atoms with van der Waals surface area (Å²) in [7, 11) is 0. The van der Waals surface area contributed by atoms with Crippen molar-refractivity contribution in [3.63, 3.8) is 0 Å². The van der Waals surface area contributed by atoms with Gasteiger partial charge < -0.3 is 4.74 Å². The van der Waals surface area contributed by atoms with Gasteiger partial charge in [0.1, 0.15) is 5.75 Å². The molecule has 0 aliphatic rings. The molecule has 2 rings (SSSR count). The van der Waals surface area contributed by atoms with Crippen molar-refractivity contribution >= 4 is 5.97 Å². The third-order valence-electron chi connectivity index (χ3n) is 2.89. The Hall–Kier alpha value is -2.09. The molecule has 0 aliphatic carbocycles. The van der Waals surface area contributed by atoms with E-state index in [4.69, 9.17) is 4.74 Å². The Morgan fingerprint density at radius 3 is 2.22 bits per heavy atom. The first-order valence-corrected chi connectivity index (χ1v) is 5.93. The van der Waals surface area contributed by atoms with E-state index >= 15 is 0 Å². The summed E-state index contributed by atoms with van der Waals surface area (Å²) in [6.07, 6.45) is 0. The number of carbonyl (C=O) groups is 1. The van der Waals surface area contributed by atoms with Gasteiger partial charge in [0, 0.05) is 6.92 Å². The SMILES string of the molecule is CC(=O)Oc1ccc(-c2ccccc2C)c(C)c1. The minimum absolute atomic E-state index is 0.293. The highest BCUT2D eigenvalue weighted by molar-refractivity contribution is 5.73. The van der Waals surface area contributed by atoms with Crippen LogP contribution in [0.4, 0.5) is 0 Å². The largest absolute Gasteiger partial charge is 0.427 e. The minimum Gasteiger partial charge on any atom is -0.427 e. The van der Waals surface area contributed by atoms with Crippen LogP contribution in [0.3, 0.4) is 0 Å². The molecule has 0 heterocycles. The lowest BCUT2D eigenvalue weighted by Crippen LogP contribution is -2.01. The second-order valence-electron chi connectivity index (χ2n) is 4.39. The topological polar surface area (TPSA) is 26.3 Å². The van der Waals surface area contributed by atoms with Gasteiger partial charge in [0.2, 0.25) is 0 Å². The Kier molecular flexibility index (Phi) is 3.47. The molecule has 18 heavy (non-hydrogen) atoms. The first-order chi connectivity index (χ1) is 8.58. The van der Waals surface area contributed by atoms with E-state index in [0.717, 1.165) is 5.56 Å². The van der Waals surface area contributed by atoms with Crippen LogP contribution in [-0.4, -0.2) is 5.97 Å². The molecule has 0 fully saturated rings. The zero-order chi connectivity index (χ0) is 13.1. The smallest absolute Gasteiger partial charge is 0.308 e. The van der Waals surface area contributed by atoms with E-state index in [1.807, 2.05) is 37.3 Å². The third kappa shape index (κ3) is 2.59. The summed E-state index contributed by atoms with van der Waals surface area (Å²) >= 11 is 0. The van der Waals surface area contributed by atoms with Crippen molar-refractivity contribution in [1.29, 1.82) is 0 Å². The van der Waals surface area contributed by atoms with Gasteiger partial charge in [-0.15, -0.1) is 0 Å². The molecule has 0 radical (unpaired) electrons. The predicted molar refractivity (Wildman–Crippen MR) is 72.7 cm³/mol. The maximum Gasteiger partial charge on any atom is 0.308 e. The highest BCUT2D eigenvalue weighted by Gasteiger charge is 2.06. The Morgan fingerprint density at radius 1 is 0.944 bits per heavy atom. The molecule has 0 aliphatic heterocycles. The summed E-state index contributed by atoms with van der Waals surface area (Å²) in [6, 6.07) is 14.0. The molecular formula is C16H16O2. The molecule has 92 valence electrons. The molecule has 0 bridgehead atoms. The fourth-order valence-corrected chi connectivity index (χ4v) is 2.04. The van der Waals surface area contributed by atoms with Gasteiger partial charge in [-0.1, -0.05) is 30.3 Å². The van der Waals surface area contributed by atoms with Gasteiger partial charge in [-0.25, -0.2) is 0 Å². The highest BCUT2D eigenvalue weighted by Crippen LogP contribution is 2.29. The fraction of sp³-hybridized carbons (Fsp3) is 0.188. The first kappa shape index (κ1) is 12.4. The summed E-state index contributed by atoms with van der Waals surface area (Å²) in [5.74, 6) is 0.301. The maximum atomic E-state index is 10.9. The van der Waals surface area contributed by atoms with E-state index in [1.165, 1.54) is 23.6 Å². The minimum atomic E-state index is -0.293. The highest BCUT2D eigenvalue weighted by atomic mass is 16.5. The lowest BCUT2D eigenvalue weighted by atomic mass is 9.97. The summed E-state index contributed by atoms with van der Waals surface area (Å²) < 4.78 is 5.08. The Balaban J connectivity index is 2.42. The van der Waals surface area contributed by atoms with Gasteiger partial charge in [-0.3, -0.25) is 4.79 Å². The number of rotatable bonds is 2. The van der Waals surface area contributed by atoms with Gasteiger partial charge in [-0.2, -0.15) is 0 Å². The molecule has 0 atom stereocenters. The molecular weight excluding hydrogens is 224 g/mol. The molecule has 2 nitrogen and oxygen atoms in total. The van der Waals surface area contributed by atoms with E-state index in [1.54, 1.807) is 0 Å². The number of aryl methyl sites for hydroxylation is 2. The van der Waals surface area contributed by atoms with Crippen LogP contribution < -0.4 is 4.74 Å². The van der Waals surface area contributed by atoms with Crippen LogP contribution in [0.5, 0.6) is 5.75 Å². The Labute approximate surface area is 107 Å². The second-order valence-corrected chi connectivity index (χ2v) is 4.39. The molecule has 2 heteroatoms. The predicted octanol–water partition coefficient (Wildman–Crippen LogP) is 3.90. The maximum absolute atomic E-state index is 10.9. The average Bonchev–Trinajstić information content (AvgIpc) is 2.30. The van der Waals surface area contributed by atoms with Crippen molar-refractivity contribution in [3.05, 3.63) is 53.6 Å². The third-order valence-corrected chi connectivity index (χ3v) is 2.89. The molecule has 0 aromatic heterocycles. The van der Waals surface area contributed by atoms with Crippen molar-refractivity contribution < 1.29 is 9.53 Å². The van der Waals surface area contributed by atoms with E-state index in [2.05, 4.69) is 19.1 Å². The van der Waals surface area contributed by atoms with Gasteiger partial charge in [0.05, 0.1) is 0 Å². The summed E-state index contributed by atoms with van der Waals surface area (Å²) in [4.78, 5) is 10.9. The second kappa shape index (κ2) is 5.05. The van der Waals surface area contributed by atoms with E-state index < -0.39 is 0 Å². The van der Waals surface area contributed by atoms with E-state index in [-0.39, 0.29) is 5.97 Å². The van der Waals surface area contributed by atoms with Crippen LogP contribution in [0, 0.1) is 13.8 Å². The van der Waals surface area contributed by atoms with Crippen LogP contribution in [-0.2, 0) is 4.79 Å². The van der Waals surface area contributed by atoms with Crippen LogP contribution in [0.1, 0.15) is 18.1 Å². The summed E-state index contributed by atoms with van der Waals surface area (Å²) in [6.45, 7) is 5.52. The normalized spacial score (nSPS) is 10.2. The number of ether oxygens (including phenoxy) is 1. The van der Waals surface area contributed by atoms with Crippen molar-refractivity contribution in [1.82, 2.24) is 0 Å². The van der Waals surface area contributed by atoms with Crippen molar-refractivity contribution in [2.75, 3.05) is 0 Å². The fourth-order valence-electron chi connectivity index (χ4n) is 2.04. The first-order valence-electron chi connectivity index (χ1n) is 5.93. The molecule has 2 aromatic rings. The van der Waals surface area contributed by atoms with E-state index in [9.17, 15) is 4.79 Å². The molecule has 0 spiro atoms. The van der Waals surface area contributed by atoms with Crippen molar-refractivity contribution in [2.45, 2.75) is 20.8 Å².